The van der Waals surface area contributed by atoms with Gasteiger partial charge >= 0.3 is 6.03 Å². The Hall–Kier alpha value is -3.95. The number of likely N-dealkylation sites (N-methyl/N-ethyl adjacent to an activating group) is 1. The first-order valence-corrected chi connectivity index (χ1v) is 9.26. The molecule has 4 amide bonds. The molecule has 2 aliphatic heterocycles. The van der Waals surface area contributed by atoms with Crippen molar-refractivity contribution in [1.29, 1.82) is 0 Å². The Kier molecular flexibility index (Phi) is 5.29. The fourth-order valence-corrected chi connectivity index (χ4v) is 3.23. The smallest absolute Gasteiger partial charge is 0.325 e. The molecule has 0 aromatic heterocycles. The van der Waals surface area contributed by atoms with Crippen LogP contribution in [0.1, 0.15) is 0 Å². The molecular weight excluding hydrogens is 392 g/mol. The van der Waals surface area contributed by atoms with Crippen molar-refractivity contribution in [2.75, 3.05) is 37.1 Å². The molecule has 1 atom stereocenters. The number of nitrogens with one attached hydrogen (secondary N) is 3. The molecule has 2 aliphatic rings. The lowest BCUT2D eigenvalue weighted by molar-refractivity contribution is -0.127. The van der Waals surface area contributed by atoms with Crippen LogP contribution in [-0.4, -0.2) is 50.9 Å². The maximum absolute atomic E-state index is 12.5. The number of anilines is 2. The van der Waals surface area contributed by atoms with Crippen LogP contribution in [0.25, 0.3) is 0 Å². The monoisotopic (exact) mass is 412 g/mol. The Bertz CT molecular complexity index is 995. The number of amides is 4. The predicted molar refractivity (Wildman–Crippen MR) is 107 cm³/mol. The van der Waals surface area contributed by atoms with Gasteiger partial charge in [0.2, 0.25) is 12.7 Å². The number of hydrogen-bond donors (Lipinski definition) is 3. The van der Waals surface area contributed by atoms with Crippen molar-refractivity contribution in [2.24, 2.45) is 0 Å². The van der Waals surface area contributed by atoms with Crippen molar-refractivity contribution >= 4 is 29.2 Å². The number of urea groups is 1. The molecule has 2 aromatic carbocycles. The van der Waals surface area contributed by atoms with E-state index in [2.05, 4.69) is 16.0 Å². The van der Waals surface area contributed by atoms with Gasteiger partial charge in [0.1, 0.15) is 5.75 Å². The molecule has 2 aromatic rings. The van der Waals surface area contributed by atoms with E-state index in [0.717, 1.165) is 0 Å². The molecule has 0 saturated carbocycles. The molecule has 1 unspecified atom stereocenters. The van der Waals surface area contributed by atoms with Gasteiger partial charge in [0, 0.05) is 18.8 Å². The third-order valence-corrected chi connectivity index (χ3v) is 4.62. The summed E-state index contributed by atoms with van der Waals surface area (Å²) in [5.41, 5.74) is 1.13. The normalized spacial score (nSPS) is 16.2. The van der Waals surface area contributed by atoms with Crippen LogP contribution in [0.3, 0.4) is 0 Å². The number of para-hydroxylation sites is 2. The summed E-state index contributed by atoms with van der Waals surface area (Å²) >= 11 is 0. The Morgan fingerprint density at radius 3 is 2.70 bits per heavy atom. The van der Waals surface area contributed by atoms with Gasteiger partial charge in [-0.1, -0.05) is 12.1 Å². The Morgan fingerprint density at radius 2 is 1.87 bits per heavy atom. The zero-order chi connectivity index (χ0) is 21.1. The summed E-state index contributed by atoms with van der Waals surface area (Å²) in [7, 11) is 1.52. The van der Waals surface area contributed by atoms with Gasteiger partial charge in [-0.05, 0) is 24.3 Å². The number of carbonyl (C=O) groups is 3. The predicted octanol–water partition coefficient (Wildman–Crippen LogP) is 1.08. The van der Waals surface area contributed by atoms with Crippen LogP contribution in [0.4, 0.5) is 16.2 Å². The number of imide groups is 1. The highest BCUT2D eigenvalue weighted by Gasteiger charge is 2.31. The second kappa shape index (κ2) is 8.19. The van der Waals surface area contributed by atoms with E-state index < -0.39 is 18.0 Å². The summed E-state index contributed by atoms with van der Waals surface area (Å²) in [4.78, 5) is 38.4. The summed E-state index contributed by atoms with van der Waals surface area (Å²) in [5, 5.41) is 7.41. The molecule has 0 radical (unpaired) electrons. The van der Waals surface area contributed by atoms with Crippen LogP contribution in [0.2, 0.25) is 0 Å². The van der Waals surface area contributed by atoms with Crippen molar-refractivity contribution in [3.63, 3.8) is 0 Å². The minimum Gasteiger partial charge on any atom is -0.477 e. The highest BCUT2D eigenvalue weighted by atomic mass is 16.7. The fraction of sp³-hybridized carbons (Fsp3) is 0.250. The van der Waals surface area contributed by atoms with Crippen molar-refractivity contribution < 1.29 is 28.6 Å². The van der Waals surface area contributed by atoms with Crippen LogP contribution in [0, 0.1) is 0 Å². The minimum absolute atomic E-state index is 0.123. The van der Waals surface area contributed by atoms with E-state index in [0.29, 0.717) is 28.6 Å². The third kappa shape index (κ3) is 4.07. The average molecular weight is 412 g/mol. The first-order chi connectivity index (χ1) is 14.5. The van der Waals surface area contributed by atoms with Gasteiger partial charge in [-0.25, -0.2) is 4.79 Å². The third-order valence-electron chi connectivity index (χ3n) is 4.62. The number of nitrogens with zero attached hydrogens (tertiary/aromatic N) is 1. The average Bonchev–Trinajstić information content (AvgIpc) is 3.20. The summed E-state index contributed by atoms with van der Waals surface area (Å²) in [6.07, 6.45) is -0.764. The minimum atomic E-state index is -0.764. The molecule has 4 rings (SSSR count). The first kappa shape index (κ1) is 19.4. The van der Waals surface area contributed by atoms with E-state index in [1.54, 1.807) is 47.4 Å². The lowest BCUT2D eigenvalue weighted by Crippen LogP contribution is -2.51. The van der Waals surface area contributed by atoms with Crippen LogP contribution < -0.4 is 35.1 Å². The lowest BCUT2D eigenvalue weighted by atomic mass is 10.1. The van der Waals surface area contributed by atoms with Crippen LogP contribution in [0.5, 0.6) is 17.2 Å². The molecule has 0 spiro atoms. The molecule has 10 heteroatoms. The fourth-order valence-electron chi connectivity index (χ4n) is 3.23. The summed E-state index contributed by atoms with van der Waals surface area (Å²) < 4.78 is 16.2. The lowest BCUT2D eigenvalue weighted by Gasteiger charge is -2.34. The molecule has 0 fully saturated rings. The molecule has 10 nitrogen and oxygen atoms in total. The molecule has 3 N–H and O–H groups in total. The number of benzene rings is 2. The van der Waals surface area contributed by atoms with Gasteiger partial charge in [0.25, 0.3) is 5.91 Å². The van der Waals surface area contributed by atoms with E-state index in [9.17, 15) is 14.4 Å². The van der Waals surface area contributed by atoms with Crippen LogP contribution >= 0.6 is 0 Å². The maximum atomic E-state index is 12.5. The number of ether oxygens (including phenoxy) is 3. The van der Waals surface area contributed by atoms with E-state index in [1.165, 1.54) is 7.05 Å². The zero-order valence-electron chi connectivity index (χ0n) is 16.1. The standard InChI is InChI=1S/C20H20N4O6/c1-21-19(26)17-9-24(13-4-2-3-5-14(13)30-17)10-18(25)23-20(27)22-12-6-7-15-16(8-12)29-11-28-15/h2-8,17H,9-11H2,1H3,(H,21,26)(H2,22,23,25,27). The number of fused-ring (bicyclic) bond motifs is 2. The molecule has 0 aliphatic carbocycles. The van der Waals surface area contributed by atoms with Gasteiger partial charge in [0.15, 0.2) is 17.6 Å². The molecule has 30 heavy (non-hydrogen) atoms. The molecule has 156 valence electrons. The van der Waals surface area contributed by atoms with Crippen molar-refractivity contribution in [1.82, 2.24) is 10.6 Å². The summed E-state index contributed by atoms with van der Waals surface area (Å²) in [6, 6.07) is 11.3. The van der Waals surface area contributed by atoms with Crippen LogP contribution in [0.15, 0.2) is 42.5 Å². The molecule has 2 heterocycles. The maximum Gasteiger partial charge on any atom is 0.325 e. The van der Waals surface area contributed by atoms with Gasteiger partial charge in [-0.2, -0.15) is 0 Å². The molecule has 0 saturated heterocycles. The number of rotatable bonds is 4. The highest BCUT2D eigenvalue weighted by molar-refractivity contribution is 6.02. The quantitative estimate of drug-likeness (QED) is 0.688. The van der Waals surface area contributed by atoms with Crippen molar-refractivity contribution in [2.45, 2.75) is 6.10 Å². The Balaban J connectivity index is 1.39. The van der Waals surface area contributed by atoms with E-state index in [4.69, 9.17) is 14.2 Å². The van der Waals surface area contributed by atoms with E-state index in [-0.39, 0.29) is 25.8 Å². The van der Waals surface area contributed by atoms with Gasteiger partial charge in [-0.3, -0.25) is 14.9 Å². The van der Waals surface area contributed by atoms with Gasteiger partial charge in [-0.15, -0.1) is 0 Å². The second-order valence-electron chi connectivity index (χ2n) is 6.64. The number of carbonyl (C=O) groups excluding carboxylic acids is 3. The van der Waals surface area contributed by atoms with Gasteiger partial charge < -0.3 is 29.7 Å². The van der Waals surface area contributed by atoms with Crippen molar-refractivity contribution in [3.8, 4) is 17.2 Å². The van der Waals surface area contributed by atoms with E-state index >= 15 is 0 Å². The Morgan fingerprint density at radius 1 is 1.07 bits per heavy atom. The molecular formula is C20H20N4O6. The first-order valence-electron chi connectivity index (χ1n) is 9.26. The summed E-state index contributed by atoms with van der Waals surface area (Å²) in [6.45, 7) is 0.178. The van der Waals surface area contributed by atoms with E-state index in [1.807, 2.05) is 0 Å². The largest absolute Gasteiger partial charge is 0.477 e. The topological polar surface area (TPSA) is 118 Å². The Labute approximate surface area is 172 Å². The number of hydrogen-bond acceptors (Lipinski definition) is 7. The van der Waals surface area contributed by atoms with Crippen LogP contribution in [-0.2, 0) is 9.59 Å². The van der Waals surface area contributed by atoms with Crippen molar-refractivity contribution in [3.05, 3.63) is 42.5 Å². The SMILES string of the molecule is CNC(=O)C1CN(CC(=O)NC(=O)Nc2ccc3c(c2)OCO3)c2ccccc2O1. The highest BCUT2D eigenvalue weighted by Crippen LogP contribution is 2.34. The second-order valence-corrected chi connectivity index (χ2v) is 6.64. The van der Waals surface area contributed by atoms with Gasteiger partial charge in [0.05, 0.1) is 18.8 Å². The molecule has 0 bridgehead atoms. The zero-order valence-corrected chi connectivity index (χ0v) is 16.1. The summed E-state index contributed by atoms with van der Waals surface area (Å²) in [5.74, 6) is 0.781.